The van der Waals surface area contributed by atoms with Crippen molar-refractivity contribution in [3.05, 3.63) is 18.2 Å². The Hall–Kier alpha value is -1.09. The smallest absolute Gasteiger partial charge is 0.245 e. The summed E-state index contributed by atoms with van der Waals surface area (Å²) in [5.41, 5.74) is 1.15. The van der Waals surface area contributed by atoms with E-state index in [-0.39, 0.29) is 0 Å². The standard InChI is InChI=1S/C13H16N4O2S2/c18-21(19,12-5-1-4-11-13(12)15-20-14-11)17-8-7-16-6-2-3-10(16)9-17/h1,4-5,10H,2-3,6-9H2/t10-/m1/s1. The lowest BCUT2D eigenvalue weighted by Crippen LogP contribution is -2.51. The van der Waals surface area contributed by atoms with Crippen LogP contribution in [-0.2, 0) is 10.0 Å². The molecule has 0 saturated carbocycles. The van der Waals surface area contributed by atoms with Crippen molar-refractivity contribution < 1.29 is 8.42 Å². The van der Waals surface area contributed by atoms with E-state index in [0.717, 1.165) is 31.2 Å². The summed E-state index contributed by atoms with van der Waals surface area (Å²) >= 11 is 1.05. The summed E-state index contributed by atoms with van der Waals surface area (Å²) in [4.78, 5) is 2.69. The Morgan fingerprint density at radius 2 is 2.10 bits per heavy atom. The average molecular weight is 324 g/mol. The van der Waals surface area contributed by atoms with Gasteiger partial charge in [0.25, 0.3) is 0 Å². The van der Waals surface area contributed by atoms with Crippen molar-refractivity contribution in [2.75, 3.05) is 26.2 Å². The number of aromatic nitrogens is 2. The molecule has 1 aromatic carbocycles. The molecular weight excluding hydrogens is 308 g/mol. The van der Waals surface area contributed by atoms with Crippen LogP contribution in [0.1, 0.15) is 12.8 Å². The molecule has 2 aromatic rings. The second-order valence-corrected chi connectivity index (χ2v) is 8.02. The van der Waals surface area contributed by atoms with Crippen molar-refractivity contribution >= 4 is 32.8 Å². The van der Waals surface area contributed by atoms with Crippen LogP contribution in [0.2, 0.25) is 0 Å². The summed E-state index contributed by atoms with van der Waals surface area (Å²) in [7, 11) is -3.49. The highest BCUT2D eigenvalue weighted by atomic mass is 32.2. The van der Waals surface area contributed by atoms with E-state index in [0.29, 0.717) is 35.1 Å². The molecular formula is C13H16N4O2S2. The molecule has 0 aliphatic carbocycles. The van der Waals surface area contributed by atoms with Crippen molar-refractivity contribution in [3.63, 3.8) is 0 Å². The van der Waals surface area contributed by atoms with Gasteiger partial charge in [-0.2, -0.15) is 13.1 Å². The van der Waals surface area contributed by atoms with Gasteiger partial charge in [-0.3, -0.25) is 4.90 Å². The Balaban J connectivity index is 1.71. The van der Waals surface area contributed by atoms with Crippen LogP contribution in [0.25, 0.3) is 11.0 Å². The topological polar surface area (TPSA) is 66.4 Å². The van der Waals surface area contributed by atoms with E-state index in [2.05, 4.69) is 13.6 Å². The molecule has 0 radical (unpaired) electrons. The Bertz CT molecular complexity index is 773. The first-order valence-electron chi connectivity index (χ1n) is 7.12. The van der Waals surface area contributed by atoms with Gasteiger partial charge in [-0.25, -0.2) is 8.42 Å². The summed E-state index contributed by atoms with van der Waals surface area (Å²) in [6, 6.07) is 5.55. The molecule has 112 valence electrons. The van der Waals surface area contributed by atoms with E-state index < -0.39 is 10.0 Å². The number of rotatable bonds is 2. The van der Waals surface area contributed by atoms with E-state index in [1.165, 1.54) is 6.42 Å². The fourth-order valence-corrected chi connectivity index (χ4v) is 5.53. The van der Waals surface area contributed by atoms with Gasteiger partial charge in [0, 0.05) is 25.7 Å². The lowest BCUT2D eigenvalue weighted by molar-refractivity contribution is 0.158. The van der Waals surface area contributed by atoms with Gasteiger partial charge in [0.2, 0.25) is 10.0 Å². The van der Waals surface area contributed by atoms with Crippen LogP contribution in [0.5, 0.6) is 0 Å². The fourth-order valence-electron chi connectivity index (χ4n) is 3.31. The summed E-state index contributed by atoms with van der Waals surface area (Å²) in [6.45, 7) is 3.09. The van der Waals surface area contributed by atoms with E-state index in [9.17, 15) is 8.42 Å². The normalized spacial score (nSPS) is 24.5. The van der Waals surface area contributed by atoms with Crippen molar-refractivity contribution in [1.82, 2.24) is 18.0 Å². The number of piperazine rings is 1. The van der Waals surface area contributed by atoms with Gasteiger partial charge in [0.1, 0.15) is 15.9 Å². The average Bonchev–Trinajstić information content (AvgIpc) is 3.14. The molecule has 0 spiro atoms. The molecule has 2 aliphatic heterocycles. The van der Waals surface area contributed by atoms with Gasteiger partial charge in [0.05, 0.1) is 11.7 Å². The van der Waals surface area contributed by atoms with Crippen LogP contribution in [0, 0.1) is 0 Å². The summed E-state index contributed by atoms with van der Waals surface area (Å²) in [5, 5.41) is 0. The minimum absolute atomic E-state index is 0.292. The van der Waals surface area contributed by atoms with Gasteiger partial charge < -0.3 is 0 Å². The number of hydrogen-bond donors (Lipinski definition) is 0. The van der Waals surface area contributed by atoms with Gasteiger partial charge in [-0.05, 0) is 31.5 Å². The van der Waals surface area contributed by atoms with Gasteiger partial charge in [0.15, 0.2) is 0 Å². The Kier molecular flexibility index (Phi) is 3.21. The quantitative estimate of drug-likeness (QED) is 0.829. The molecule has 4 rings (SSSR count). The van der Waals surface area contributed by atoms with E-state index in [1.807, 2.05) is 0 Å². The SMILES string of the molecule is O=S(=O)(c1cccc2nsnc12)N1CCN2CCC[C@@H]2C1. The van der Waals surface area contributed by atoms with Crippen molar-refractivity contribution in [3.8, 4) is 0 Å². The van der Waals surface area contributed by atoms with Crippen LogP contribution in [0.15, 0.2) is 23.1 Å². The molecule has 3 heterocycles. The maximum absolute atomic E-state index is 12.9. The van der Waals surface area contributed by atoms with Crippen molar-refractivity contribution in [2.45, 2.75) is 23.8 Å². The molecule has 0 unspecified atom stereocenters. The predicted molar refractivity (Wildman–Crippen MR) is 80.8 cm³/mol. The first-order valence-corrected chi connectivity index (χ1v) is 9.29. The number of sulfonamides is 1. The highest BCUT2D eigenvalue weighted by Crippen LogP contribution is 2.28. The molecule has 2 aliphatic rings. The van der Waals surface area contributed by atoms with Crippen LogP contribution in [0.3, 0.4) is 0 Å². The van der Waals surface area contributed by atoms with Crippen molar-refractivity contribution in [2.24, 2.45) is 0 Å². The maximum Gasteiger partial charge on any atom is 0.245 e. The maximum atomic E-state index is 12.9. The summed E-state index contributed by atoms with van der Waals surface area (Å²) in [6.07, 6.45) is 2.26. The zero-order chi connectivity index (χ0) is 14.4. The third-order valence-corrected chi connectivity index (χ3v) is 6.86. The second-order valence-electron chi connectivity index (χ2n) is 5.58. The molecule has 1 aromatic heterocycles. The Morgan fingerprint density at radius 1 is 1.19 bits per heavy atom. The van der Waals surface area contributed by atoms with Crippen LogP contribution < -0.4 is 0 Å². The van der Waals surface area contributed by atoms with Crippen LogP contribution in [-0.4, -0.2) is 58.6 Å². The molecule has 1 atom stereocenters. The fraction of sp³-hybridized carbons (Fsp3) is 0.538. The number of hydrogen-bond acceptors (Lipinski definition) is 6. The largest absolute Gasteiger partial charge is 0.298 e. The number of nitrogens with zero attached hydrogens (tertiary/aromatic N) is 4. The highest BCUT2D eigenvalue weighted by molar-refractivity contribution is 7.89. The van der Waals surface area contributed by atoms with Gasteiger partial charge in [-0.1, -0.05) is 6.07 Å². The zero-order valence-electron chi connectivity index (χ0n) is 11.5. The first-order chi connectivity index (χ1) is 10.2. The predicted octanol–water partition coefficient (Wildman–Crippen LogP) is 1.16. The van der Waals surface area contributed by atoms with Crippen molar-refractivity contribution in [1.29, 1.82) is 0 Å². The van der Waals surface area contributed by atoms with E-state index in [4.69, 9.17) is 0 Å². The van der Waals surface area contributed by atoms with Gasteiger partial charge in [-0.15, -0.1) is 0 Å². The minimum Gasteiger partial charge on any atom is -0.298 e. The second kappa shape index (κ2) is 4.98. The summed E-state index contributed by atoms with van der Waals surface area (Å²) < 4.78 is 35.8. The lowest BCUT2D eigenvalue weighted by Gasteiger charge is -2.36. The van der Waals surface area contributed by atoms with Crippen LogP contribution in [0.4, 0.5) is 0 Å². The molecule has 6 nitrogen and oxygen atoms in total. The molecule has 2 fully saturated rings. The number of fused-ring (bicyclic) bond motifs is 2. The molecule has 21 heavy (non-hydrogen) atoms. The molecule has 0 amide bonds. The summed E-state index contributed by atoms with van der Waals surface area (Å²) in [5.74, 6) is 0. The monoisotopic (exact) mass is 324 g/mol. The Labute approximate surface area is 127 Å². The van der Waals surface area contributed by atoms with Gasteiger partial charge >= 0.3 is 0 Å². The van der Waals surface area contributed by atoms with E-state index in [1.54, 1.807) is 22.5 Å². The lowest BCUT2D eigenvalue weighted by atomic mass is 10.2. The van der Waals surface area contributed by atoms with E-state index >= 15 is 0 Å². The number of benzene rings is 1. The third kappa shape index (κ3) is 2.17. The molecule has 8 heteroatoms. The first kappa shape index (κ1) is 13.6. The van der Waals surface area contributed by atoms with Crippen LogP contribution >= 0.6 is 11.7 Å². The molecule has 2 saturated heterocycles. The highest BCUT2D eigenvalue weighted by Gasteiger charge is 2.37. The molecule has 0 N–H and O–H groups in total. The zero-order valence-corrected chi connectivity index (χ0v) is 13.1. The molecule has 0 bridgehead atoms. The Morgan fingerprint density at radius 3 is 3.00 bits per heavy atom. The third-order valence-electron chi connectivity index (χ3n) is 4.42. The minimum atomic E-state index is -3.49.